The molecule has 88 valence electrons. The summed E-state index contributed by atoms with van der Waals surface area (Å²) in [5, 5.41) is 1.01. The van der Waals surface area contributed by atoms with Crippen LogP contribution in [0.3, 0.4) is 0 Å². The second kappa shape index (κ2) is 4.15. The second-order valence-electron chi connectivity index (χ2n) is 4.41. The molecule has 3 rings (SSSR count). The number of hydrogen-bond acceptors (Lipinski definition) is 1. The van der Waals surface area contributed by atoms with Gasteiger partial charge < -0.3 is 4.57 Å². The molecule has 2 nitrogen and oxygen atoms in total. The van der Waals surface area contributed by atoms with Gasteiger partial charge in [-0.15, -0.1) is 0 Å². The van der Waals surface area contributed by atoms with Gasteiger partial charge in [0.05, 0.1) is 0 Å². The van der Waals surface area contributed by atoms with Gasteiger partial charge in [0.1, 0.15) is 0 Å². The van der Waals surface area contributed by atoms with Crippen molar-refractivity contribution in [3.8, 4) is 11.1 Å². The summed E-state index contributed by atoms with van der Waals surface area (Å²) in [6.45, 7) is 0. The smallest absolute Gasteiger partial charge is 0.152 e. The van der Waals surface area contributed by atoms with E-state index >= 15 is 0 Å². The number of hydrogen-bond donors (Lipinski definition) is 0. The van der Waals surface area contributed by atoms with E-state index in [4.69, 9.17) is 0 Å². The van der Waals surface area contributed by atoms with E-state index in [0.29, 0.717) is 0 Å². The quantitative estimate of drug-likeness (QED) is 0.621. The molecule has 1 aromatic heterocycles. The molecule has 0 fully saturated rings. The lowest BCUT2D eigenvalue weighted by Crippen LogP contribution is -1.84. The Morgan fingerprint density at radius 3 is 2.50 bits per heavy atom. The van der Waals surface area contributed by atoms with Crippen LogP contribution in [0.1, 0.15) is 10.4 Å². The van der Waals surface area contributed by atoms with Crippen LogP contribution < -0.4 is 0 Å². The predicted octanol–water partition coefficient (Wildman–Crippen LogP) is 3.66. The number of aromatic nitrogens is 1. The van der Waals surface area contributed by atoms with Crippen LogP contribution in [0.2, 0.25) is 0 Å². The zero-order valence-electron chi connectivity index (χ0n) is 10.1. The molecule has 1 heterocycles. The molecule has 0 aliphatic heterocycles. The van der Waals surface area contributed by atoms with E-state index in [1.54, 1.807) is 0 Å². The number of aryl methyl sites for hydroxylation is 1. The maximum absolute atomic E-state index is 11.0. The Morgan fingerprint density at radius 1 is 1.00 bits per heavy atom. The second-order valence-corrected chi connectivity index (χ2v) is 4.41. The predicted molar refractivity (Wildman–Crippen MR) is 73.7 cm³/mol. The summed E-state index contributed by atoms with van der Waals surface area (Å²) in [5.41, 5.74) is 4.18. The lowest BCUT2D eigenvalue weighted by Gasteiger charge is -2.03. The Kier molecular flexibility index (Phi) is 2.49. The Morgan fingerprint density at radius 2 is 1.78 bits per heavy atom. The molecular weight excluding hydrogens is 222 g/mol. The lowest BCUT2D eigenvalue weighted by molar-refractivity contribution is 0.112. The molecule has 0 saturated heterocycles. The minimum atomic E-state index is 0.743. The number of fused-ring (bicyclic) bond motifs is 1. The van der Waals surface area contributed by atoms with Crippen LogP contribution in [0.5, 0.6) is 0 Å². The van der Waals surface area contributed by atoms with Crippen molar-refractivity contribution in [1.82, 2.24) is 4.57 Å². The highest BCUT2D eigenvalue weighted by Crippen LogP contribution is 2.26. The summed E-state index contributed by atoms with van der Waals surface area (Å²) < 4.78 is 1.99. The Labute approximate surface area is 105 Å². The van der Waals surface area contributed by atoms with Crippen molar-refractivity contribution in [2.45, 2.75) is 0 Å². The number of nitrogens with zero attached hydrogens (tertiary/aromatic N) is 1. The molecular formula is C16H13NO. The third-order valence-electron chi connectivity index (χ3n) is 3.26. The van der Waals surface area contributed by atoms with Gasteiger partial charge in [-0.25, -0.2) is 0 Å². The average molecular weight is 235 g/mol. The minimum absolute atomic E-state index is 0.743. The van der Waals surface area contributed by atoms with Crippen molar-refractivity contribution in [3.63, 3.8) is 0 Å². The summed E-state index contributed by atoms with van der Waals surface area (Å²) in [6.07, 6.45) is 2.77. The summed E-state index contributed by atoms with van der Waals surface area (Å²) in [5.74, 6) is 0. The van der Waals surface area contributed by atoms with Crippen molar-refractivity contribution in [2.75, 3.05) is 0 Å². The van der Waals surface area contributed by atoms with Crippen LogP contribution in [0, 0.1) is 0 Å². The van der Waals surface area contributed by atoms with Gasteiger partial charge in [-0.3, -0.25) is 4.79 Å². The standard InChI is InChI=1S/C16H13NO/c1-17-10-14(11-18)15-8-7-13(9-16(15)17)12-5-3-2-4-6-12/h2-11H,1H3. The Bertz CT molecular complexity index is 711. The monoisotopic (exact) mass is 235 g/mol. The first-order valence-corrected chi connectivity index (χ1v) is 5.89. The lowest BCUT2D eigenvalue weighted by atomic mass is 10.0. The molecule has 2 aromatic carbocycles. The van der Waals surface area contributed by atoms with E-state index in [9.17, 15) is 4.79 Å². The minimum Gasteiger partial charge on any atom is -0.350 e. The fourth-order valence-corrected chi connectivity index (χ4v) is 2.32. The van der Waals surface area contributed by atoms with E-state index in [1.807, 2.05) is 42.1 Å². The third kappa shape index (κ3) is 1.63. The van der Waals surface area contributed by atoms with Gasteiger partial charge in [0.2, 0.25) is 0 Å². The molecule has 0 saturated carbocycles. The van der Waals surface area contributed by atoms with Crippen LogP contribution in [0.25, 0.3) is 22.0 Å². The molecule has 0 bridgehead atoms. The SMILES string of the molecule is Cn1cc(C=O)c2ccc(-c3ccccc3)cc21. The van der Waals surface area contributed by atoms with Crippen molar-refractivity contribution in [2.24, 2.45) is 7.05 Å². The third-order valence-corrected chi connectivity index (χ3v) is 3.26. The molecule has 2 heteroatoms. The van der Waals surface area contributed by atoms with Gasteiger partial charge in [0.25, 0.3) is 0 Å². The van der Waals surface area contributed by atoms with E-state index < -0.39 is 0 Å². The Balaban J connectivity index is 2.23. The zero-order chi connectivity index (χ0) is 12.5. The van der Waals surface area contributed by atoms with Crippen molar-refractivity contribution < 1.29 is 4.79 Å². The van der Waals surface area contributed by atoms with Crippen molar-refractivity contribution in [1.29, 1.82) is 0 Å². The van der Waals surface area contributed by atoms with Crippen LogP contribution in [-0.2, 0) is 7.05 Å². The normalized spacial score (nSPS) is 10.7. The van der Waals surface area contributed by atoms with E-state index in [-0.39, 0.29) is 0 Å². The summed E-state index contributed by atoms with van der Waals surface area (Å²) in [6, 6.07) is 16.4. The summed E-state index contributed by atoms with van der Waals surface area (Å²) >= 11 is 0. The molecule has 0 unspecified atom stereocenters. The van der Waals surface area contributed by atoms with Gasteiger partial charge in [0.15, 0.2) is 6.29 Å². The van der Waals surface area contributed by atoms with Crippen LogP contribution in [0.4, 0.5) is 0 Å². The van der Waals surface area contributed by atoms with Gasteiger partial charge in [0, 0.05) is 29.7 Å². The fraction of sp³-hybridized carbons (Fsp3) is 0.0625. The highest BCUT2D eigenvalue weighted by molar-refractivity contribution is 5.99. The maximum Gasteiger partial charge on any atom is 0.152 e. The van der Waals surface area contributed by atoms with Crippen LogP contribution >= 0.6 is 0 Å². The maximum atomic E-state index is 11.0. The molecule has 0 atom stereocenters. The Hall–Kier alpha value is -2.35. The number of carbonyl (C=O) groups excluding carboxylic acids is 1. The number of aldehydes is 1. The van der Waals surface area contributed by atoms with Crippen molar-refractivity contribution >= 4 is 17.2 Å². The fourth-order valence-electron chi connectivity index (χ4n) is 2.32. The number of benzene rings is 2. The van der Waals surface area contributed by atoms with Crippen molar-refractivity contribution in [3.05, 3.63) is 60.3 Å². The highest BCUT2D eigenvalue weighted by Gasteiger charge is 2.07. The number of carbonyl (C=O) groups is 1. The molecule has 0 spiro atoms. The van der Waals surface area contributed by atoms with E-state index in [0.717, 1.165) is 22.8 Å². The highest BCUT2D eigenvalue weighted by atomic mass is 16.1. The first kappa shape index (κ1) is 10.8. The first-order chi connectivity index (χ1) is 8.79. The topological polar surface area (TPSA) is 22.0 Å². The average Bonchev–Trinajstić information content (AvgIpc) is 2.76. The van der Waals surface area contributed by atoms with Gasteiger partial charge in [-0.05, 0) is 17.2 Å². The van der Waals surface area contributed by atoms with E-state index in [2.05, 4.69) is 24.3 Å². The van der Waals surface area contributed by atoms with Gasteiger partial charge >= 0.3 is 0 Å². The van der Waals surface area contributed by atoms with Gasteiger partial charge in [-0.1, -0.05) is 42.5 Å². The molecule has 0 amide bonds. The zero-order valence-corrected chi connectivity index (χ0v) is 10.1. The molecule has 0 radical (unpaired) electrons. The van der Waals surface area contributed by atoms with Crippen LogP contribution in [0.15, 0.2) is 54.7 Å². The molecule has 0 aliphatic carbocycles. The molecule has 0 N–H and O–H groups in total. The molecule has 18 heavy (non-hydrogen) atoms. The largest absolute Gasteiger partial charge is 0.350 e. The van der Waals surface area contributed by atoms with E-state index in [1.165, 1.54) is 11.1 Å². The van der Waals surface area contributed by atoms with Crippen LogP contribution in [-0.4, -0.2) is 10.9 Å². The van der Waals surface area contributed by atoms with Gasteiger partial charge in [-0.2, -0.15) is 0 Å². The number of rotatable bonds is 2. The first-order valence-electron chi connectivity index (χ1n) is 5.89. The summed E-state index contributed by atoms with van der Waals surface area (Å²) in [4.78, 5) is 11.0. The summed E-state index contributed by atoms with van der Waals surface area (Å²) in [7, 11) is 1.96. The molecule has 0 aliphatic rings. The molecule has 3 aromatic rings.